The second-order valence-electron chi connectivity index (χ2n) is 8.37. The lowest BCUT2D eigenvalue weighted by molar-refractivity contribution is -0.131. The van der Waals surface area contributed by atoms with Crippen LogP contribution in [0.15, 0.2) is 54.7 Å². The van der Waals surface area contributed by atoms with Crippen LogP contribution in [0.25, 0.3) is 22.0 Å². The average Bonchev–Trinajstić information content (AvgIpc) is 3.21. The first-order valence-corrected chi connectivity index (χ1v) is 11.3. The van der Waals surface area contributed by atoms with Gasteiger partial charge in [-0.25, -0.2) is 8.78 Å². The number of carbonyl (C=O) groups is 2. The monoisotopic (exact) mass is 494 g/mol. The van der Waals surface area contributed by atoms with E-state index < -0.39 is 43.3 Å². The smallest absolute Gasteiger partial charge is 0.268 e. The highest BCUT2D eigenvalue weighted by atomic mass is 19.3. The van der Waals surface area contributed by atoms with Crippen LogP contribution in [-0.4, -0.2) is 67.1 Å². The van der Waals surface area contributed by atoms with Gasteiger partial charge in [-0.05, 0) is 41.5 Å². The Bertz CT molecular complexity index is 1310. The number of amides is 2. The number of methoxy groups -OCH3 is 1. The average molecular weight is 494 g/mol. The molecule has 1 N–H and O–H groups in total. The lowest BCUT2D eigenvalue weighted by Gasteiger charge is -2.19. The van der Waals surface area contributed by atoms with Gasteiger partial charge in [0.15, 0.2) is 0 Å². The van der Waals surface area contributed by atoms with Crippen LogP contribution in [0, 0.1) is 11.3 Å². The van der Waals surface area contributed by atoms with Crippen LogP contribution in [-0.2, 0) is 9.53 Å². The molecular weight excluding hydrogens is 470 g/mol. The van der Waals surface area contributed by atoms with E-state index in [2.05, 4.69) is 10.3 Å². The van der Waals surface area contributed by atoms with E-state index in [1.165, 1.54) is 12.3 Å². The van der Waals surface area contributed by atoms with Crippen molar-refractivity contribution in [2.45, 2.75) is 18.4 Å². The maximum Gasteiger partial charge on any atom is 0.268 e. The van der Waals surface area contributed by atoms with Crippen LogP contribution in [0.4, 0.5) is 8.78 Å². The predicted molar refractivity (Wildman–Crippen MR) is 128 cm³/mol. The molecule has 2 aromatic carbocycles. The molecule has 4 rings (SSSR count). The standard InChI is InChI=1S/C26H24F2N4O4/c1-35-10-11-36-20-5-2-17(3-6-20)18-4-7-23-22(12-18)21(8-9-30-23)25(34)31-15-24(33)32-16-26(27,28)13-19(32)14-29/h2-9,12,19H,10-11,13,15-16H2,1H3,(H,31,34)/t19-/m0/s1. The number of aromatic nitrogens is 1. The van der Waals surface area contributed by atoms with Crippen molar-refractivity contribution in [1.29, 1.82) is 5.26 Å². The van der Waals surface area contributed by atoms with Gasteiger partial charge in [0.05, 0.1) is 36.8 Å². The van der Waals surface area contributed by atoms with E-state index in [-0.39, 0.29) is 5.56 Å². The Morgan fingerprint density at radius 3 is 2.64 bits per heavy atom. The highest BCUT2D eigenvalue weighted by molar-refractivity contribution is 6.07. The Balaban J connectivity index is 1.49. The van der Waals surface area contributed by atoms with Gasteiger partial charge in [0.1, 0.15) is 18.4 Å². The molecule has 1 atom stereocenters. The summed E-state index contributed by atoms with van der Waals surface area (Å²) >= 11 is 0. The van der Waals surface area contributed by atoms with Crippen LogP contribution in [0.3, 0.4) is 0 Å². The summed E-state index contributed by atoms with van der Waals surface area (Å²) in [6.07, 6.45) is 0.777. The quantitative estimate of drug-likeness (QED) is 0.482. The fourth-order valence-electron chi connectivity index (χ4n) is 4.06. The third kappa shape index (κ3) is 5.58. The molecule has 0 spiro atoms. The molecule has 36 heavy (non-hydrogen) atoms. The van der Waals surface area contributed by atoms with Crippen molar-refractivity contribution < 1.29 is 27.8 Å². The molecule has 1 aliphatic rings. The van der Waals surface area contributed by atoms with E-state index in [1.807, 2.05) is 36.4 Å². The van der Waals surface area contributed by atoms with Crippen molar-refractivity contribution in [1.82, 2.24) is 15.2 Å². The molecule has 1 aromatic heterocycles. The minimum atomic E-state index is -3.12. The number of hydrogen-bond donors (Lipinski definition) is 1. The first-order chi connectivity index (χ1) is 17.3. The topological polar surface area (TPSA) is 105 Å². The normalized spacial score (nSPS) is 16.5. The van der Waals surface area contributed by atoms with E-state index in [0.717, 1.165) is 16.0 Å². The second kappa shape index (κ2) is 10.7. The van der Waals surface area contributed by atoms with Gasteiger partial charge < -0.3 is 19.7 Å². The number of nitrogens with zero attached hydrogens (tertiary/aromatic N) is 3. The number of halogens is 2. The van der Waals surface area contributed by atoms with Crippen molar-refractivity contribution in [2.75, 3.05) is 33.4 Å². The number of likely N-dealkylation sites (tertiary alicyclic amines) is 1. The van der Waals surface area contributed by atoms with Gasteiger partial charge in [-0.3, -0.25) is 14.6 Å². The van der Waals surface area contributed by atoms with Gasteiger partial charge in [-0.2, -0.15) is 5.26 Å². The third-order valence-electron chi connectivity index (χ3n) is 5.87. The largest absolute Gasteiger partial charge is 0.491 e. The lowest BCUT2D eigenvalue weighted by atomic mass is 10.0. The number of alkyl halides is 2. The number of nitrogens with one attached hydrogen (secondary N) is 1. The molecule has 0 saturated carbocycles. The van der Waals surface area contributed by atoms with E-state index in [1.54, 1.807) is 19.2 Å². The molecule has 186 valence electrons. The SMILES string of the molecule is COCCOc1ccc(-c2ccc3nccc(C(=O)NCC(=O)N4CC(F)(F)C[C@H]4C#N)c3c2)cc1. The van der Waals surface area contributed by atoms with E-state index in [0.29, 0.717) is 29.9 Å². The van der Waals surface area contributed by atoms with Crippen molar-refractivity contribution in [2.24, 2.45) is 0 Å². The van der Waals surface area contributed by atoms with Gasteiger partial charge in [-0.1, -0.05) is 18.2 Å². The first kappa shape index (κ1) is 25.0. The first-order valence-electron chi connectivity index (χ1n) is 11.3. The van der Waals surface area contributed by atoms with Gasteiger partial charge >= 0.3 is 0 Å². The molecule has 0 radical (unpaired) electrons. The van der Waals surface area contributed by atoms with E-state index in [4.69, 9.17) is 14.7 Å². The minimum absolute atomic E-state index is 0.290. The molecule has 0 aliphatic carbocycles. The predicted octanol–water partition coefficient (Wildman–Crippen LogP) is 3.42. The fraction of sp³-hybridized carbons (Fsp3) is 0.308. The minimum Gasteiger partial charge on any atom is -0.491 e. The van der Waals surface area contributed by atoms with Crippen LogP contribution < -0.4 is 10.1 Å². The molecule has 0 bridgehead atoms. The molecule has 10 heteroatoms. The molecule has 1 aliphatic heterocycles. The number of carbonyl (C=O) groups excluding carboxylic acids is 2. The van der Waals surface area contributed by atoms with Gasteiger partial charge in [-0.15, -0.1) is 0 Å². The summed E-state index contributed by atoms with van der Waals surface area (Å²) < 4.78 is 37.9. The van der Waals surface area contributed by atoms with E-state index >= 15 is 0 Å². The van der Waals surface area contributed by atoms with Crippen molar-refractivity contribution in [3.63, 3.8) is 0 Å². The molecule has 2 heterocycles. The maximum absolute atomic E-state index is 13.6. The van der Waals surface area contributed by atoms with E-state index in [9.17, 15) is 18.4 Å². The maximum atomic E-state index is 13.6. The molecular formula is C26H24F2N4O4. The Morgan fingerprint density at radius 2 is 1.92 bits per heavy atom. The zero-order valence-corrected chi connectivity index (χ0v) is 19.5. The molecule has 2 amide bonds. The summed E-state index contributed by atoms with van der Waals surface area (Å²) in [5, 5.41) is 12.2. The Labute approximate surface area is 206 Å². The summed E-state index contributed by atoms with van der Waals surface area (Å²) in [5.74, 6) is -3.70. The summed E-state index contributed by atoms with van der Waals surface area (Å²) in [4.78, 5) is 30.5. The van der Waals surface area contributed by atoms with Crippen LogP contribution in [0.5, 0.6) is 5.75 Å². The summed E-state index contributed by atoms with van der Waals surface area (Å²) in [6, 6.07) is 15.0. The number of pyridine rings is 1. The van der Waals surface area contributed by atoms with Crippen LogP contribution in [0.2, 0.25) is 0 Å². The molecule has 1 saturated heterocycles. The number of rotatable bonds is 8. The van der Waals surface area contributed by atoms with Crippen LogP contribution in [0.1, 0.15) is 16.8 Å². The molecule has 8 nitrogen and oxygen atoms in total. The number of fused-ring (bicyclic) bond motifs is 1. The van der Waals surface area contributed by atoms with Crippen molar-refractivity contribution >= 4 is 22.7 Å². The second-order valence-corrected chi connectivity index (χ2v) is 8.37. The zero-order valence-electron chi connectivity index (χ0n) is 19.5. The van der Waals surface area contributed by atoms with Crippen LogP contribution >= 0.6 is 0 Å². The summed E-state index contributed by atoms with van der Waals surface area (Å²) in [6.45, 7) is -0.409. The number of ether oxygens (including phenoxy) is 2. The number of hydrogen-bond acceptors (Lipinski definition) is 6. The number of nitriles is 1. The molecule has 3 aromatic rings. The Morgan fingerprint density at radius 1 is 1.17 bits per heavy atom. The fourth-order valence-corrected chi connectivity index (χ4v) is 4.06. The highest BCUT2D eigenvalue weighted by Gasteiger charge is 2.47. The highest BCUT2D eigenvalue weighted by Crippen LogP contribution is 2.32. The Hall–Kier alpha value is -4.10. The van der Waals surface area contributed by atoms with Gasteiger partial charge in [0.2, 0.25) is 5.91 Å². The van der Waals surface area contributed by atoms with Gasteiger partial charge in [0.25, 0.3) is 11.8 Å². The van der Waals surface area contributed by atoms with Gasteiger partial charge in [0, 0.05) is 25.1 Å². The zero-order chi connectivity index (χ0) is 25.7. The van der Waals surface area contributed by atoms with Crippen molar-refractivity contribution in [3.05, 3.63) is 60.3 Å². The summed E-state index contributed by atoms with van der Waals surface area (Å²) in [7, 11) is 1.60. The molecule has 0 unspecified atom stereocenters. The summed E-state index contributed by atoms with van der Waals surface area (Å²) in [5.41, 5.74) is 2.62. The van der Waals surface area contributed by atoms with Crippen molar-refractivity contribution in [3.8, 4) is 22.9 Å². The lowest BCUT2D eigenvalue weighted by Crippen LogP contribution is -2.43. The number of benzene rings is 2. The third-order valence-corrected chi connectivity index (χ3v) is 5.87. The molecule has 1 fully saturated rings. The Kier molecular flexibility index (Phi) is 7.41.